The largest absolute Gasteiger partial charge is 0.415 e. The Bertz CT molecular complexity index is 3920. The van der Waals surface area contributed by atoms with E-state index in [0.29, 0.717) is 35.5 Å². The molecule has 0 aliphatic carbocycles. The first-order chi connectivity index (χ1) is 45.0. The van der Waals surface area contributed by atoms with Gasteiger partial charge in [-0.3, -0.25) is 34.2 Å². The van der Waals surface area contributed by atoms with E-state index < -0.39 is 55.7 Å². The second-order valence-electron chi connectivity index (χ2n) is 24.9. The van der Waals surface area contributed by atoms with Gasteiger partial charge in [0.2, 0.25) is 5.89 Å². The number of sulfone groups is 2. The predicted octanol–water partition coefficient (Wildman–Crippen LogP) is 9.68. The van der Waals surface area contributed by atoms with Gasteiger partial charge in [0.15, 0.2) is 25.5 Å². The monoisotopic (exact) mass is 1330 g/mol. The topological polar surface area (TPSA) is 210 Å². The van der Waals surface area contributed by atoms with Crippen molar-refractivity contribution in [2.24, 2.45) is 5.73 Å². The minimum atomic E-state index is -3.23. The predicted molar refractivity (Wildman–Crippen MR) is 353 cm³/mol. The summed E-state index contributed by atoms with van der Waals surface area (Å²) in [4.78, 5) is 55.3. The molecule has 2 N–H and O–H groups in total. The Morgan fingerprint density at radius 1 is 0.532 bits per heavy atom. The van der Waals surface area contributed by atoms with Crippen LogP contribution in [0.4, 0.5) is 38.5 Å². The maximum Gasteiger partial charge on any atom is 0.324 e. The Morgan fingerprint density at radius 3 is 1.30 bits per heavy atom. The van der Waals surface area contributed by atoms with E-state index in [4.69, 9.17) is 10.2 Å². The van der Waals surface area contributed by atoms with E-state index >= 15 is 8.78 Å². The Kier molecular flexibility index (Phi) is 22.5. The van der Waals surface area contributed by atoms with Crippen LogP contribution in [0.5, 0.6) is 0 Å². The molecule has 4 aliphatic rings. The number of ketones is 1. The Hall–Kier alpha value is -7.91. The molecule has 500 valence electrons. The first kappa shape index (κ1) is 68.9. The summed E-state index contributed by atoms with van der Waals surface area (Å²) in [5, 5.41) is 6.87. The van der Waals surface area contributed by atoms with E-state index in [2.05, 4.69) is 106 Å². The Morgan fingerprint density at radius 2 is 0.926 bits per heavy atom. The number of rotatable bonds is 18. The van der Waals surface area contributed by atoms with Crippen LogP contribution in [0.2, 0.25) is 0 Å². The molecule has 0 saturated carbocycles. The lowest BCUT2D eigenvalue weighted by Gasteiger charge is -2.44. The zero-order valence-electron chi connectivity index (χ0n) is 53.3. The molecule has 0 bridgehead atoms. The highest BCUT2D eigenvalue weighted by molar-refractivity contribution is 7.91. The molecular weight excluding hydrogens is 1250 g/mol. The second-order valence-corrected chi connectivity index (χ2v) is 29.5. The molecule has 0 unspecified atom stereocenters. The third kappa shape index (κ3) is 17.7. The average Bonchev–Trinajstić information content (AvgIpc) is 2.12. The summed E-state index contributed by atoms with van der Waals surface area (Å²) in [6.07, 6.45) is -2.96. The number of Topliss-reactive ketones (excluding diaryl/α,β-unsaturated/α-hetero) is 1. The molecule has 0 spiro atoms. The number of hydrogen-bond acceptors (Lipinski definition) is 15. The highest BCUT2D eigenvalue weighted by atomic mass is 32.2. The fourth-order valence-corrected chi connectivity index (χ4v) is 15.1. The first-order valence-electron chi connectivity index (χ1n) is 31.7. The summed E-state index contributed by atoms with van der Waals surface area (Å²) in [5.41, 5.74) is 12.0. The maximum absolute atomic E-state index is 15.4. The highest BCUT2D eigenvalue weighted by Gasteiger charge is 2.34. The maximum atomic E-state index is 15.4. The van der Waals surface area contributed by atoms with E-state index in [1.54, 1.807) is 0 Å². The number of anilines is 2. The number of nitrogens with two attached hydrogens (primary N) is 1. The van der Waals surface area contributed by atoms with E-state index in [-0.39, 0.29) is 103 Å². The van der Waals surface area contributed by atoms with Crippen LogP contribution in [0.3, 0.4) is 0 Å². The van der Waals surface area contributed by atoms with Gasteiger partial charge in [0.1, 0.15) is 11.6 Å². The average molecular weight is 1330 g/mol. The van der Waals surface area contributed by atoms with Crippen LogP contribution < -0.4 is 15.5 Å². The zero-order valence-corrected chi connectivity index (χ0v) is 55.0. The standard InChI is InChI=1S/C35H39F3N6O4S.C34H42FN5O4S/c1-24-19-41(20-25(2)43(24)22-26-6-4-3-5-7-26)21-27-8-12-30(13-9-27)44(35(45)42-14-16-49(46,47)17-15-42)23-29-11-10-28(18-31(29)36)33-39-40-34(48-33)32(37)38;1-25-20-37(21-26(2)39(25)23-27-6-4-3-5-7-27)22-28-8-12-31(13-9-28)40(34(42)38-14-16-45(43,44)17-15-38)24-30-11-10-29(18-32(30)35)33(41)19-36/h3-13,18,24-25,32H,14-17,19-23H2,1-2H3;3-13,18,25-26H,14-17,19-24,36H2,1-2H3/t24-,25+;25-,26+. The molecule has 25 heteroatoms. The number of urea groups is 2. The van der Waals surface area contributed by atoms with E-state index in [1.165, 1.54) is 55.0 Å². The van der Waals surface area contributed by atoms with Gasteiger partial charge >= 0.3 is 18.5 Å². The third-order valence-corrected chi connectivity index (χ3v) is 21.1. The molecule has 19 nitrogen and oxygen atoms in total. The molecule has 4 atom stereocenters. The SMILES string of the molecule is C[C@@H]1CN(Cc2ccc(N(Cc3ccc(-c4nnc(C(F)F)o4)cc3F)C(=O)N3CCS(=O)(=O)CC3)cc2)C[C@H](C)N1Cc1ccccc1.C[C@@H]1CN(Cc2ccc(N(Cc3ccc(C(=O)CN)cc3F)C(=O)N3CCS(=O)(=O)CC3)cc2)C[C@H](C)N1Cc1ccccc1. The quantitative estimate of drug-likeness (QED) is 0.0626. The lowest BCUT2D eigenvalue weighted by Crippen LogP contribution is -2.55. The third-order valence-electron chi connectivity index (χ3n) is 17.9. The van der Waals surface area contributed by atoms with Crippen LogP contribution >= 0.6 is 0 Å². The molecular formula is C69H81F4N11O8S2. The van der Waals surface area contributed by atoms with Gasteiger partial charge in [-0.15, -0.1) is 10.2 Å². The number of benzene rings is 6. The molecule has 4 fully saturated rings. The fourth-order valence-electron chi connectivity index (χ4n) is 12.7. The van der Waals surface area contributed by atoms with Gasteiger partial charge in [0.05, 0.1) is 42.6 Å². The molecule has 6 aromatic carbocycles. The van der Waals surface area contributed by atoms with Crippen LogP contribution in [0, 0.1) is 11.6 Å². The van der Waals surface area contributed by atoms with Crippen molar-refractivity contribution in [1.29, 1.82) is 0 Å². The molecule has 94 heavy (non-hydrogen) atoms. The van der Waals surface area contributed by atoms with Crippen LogP contribution in [0.1, 0.15) is 83.7 Å². The number of aromatic nitrogens is 2. The number of carbonyl (C=O) groups excluding carboxylic acids is 3. The minimum Gasteiger partial charge on any atom is -0.415 e. The molecule has 11 rings (SSSR count). The molecule has 7 aromatic rings. The summed E-state index contributed by atoms with van der Waals surface area (Å²) in [5.74, 6) is -3.29. The molecule has 1 aromatic heterocycles. The number of halogens is 4. The van der Waals surface area contributed by atoms with E-state index in [9.17, 15) is 40.0 Å². The summed E-state index contributed by atoms with van der Waals surface area (Å²) < 4.78 is 109. The van der Waals surface area contributed by atoms with Crippen molar-refractivity contribution in [2.45, 2.75) is 97.6 Å². The van der Waals surface area contributed by atoms with Crippen molar-refractivity contribution in [3.05, 3.63) is 202 Å². The minimum absolute atomic E-state index is 0.0351. The molecule has 4 aliphatic heterocycles. The number of hydrogen-bond donors (Lipinski definition) is 1. The summed E-state index contributed by atoms with van der Waals surface area (Å²) in [6, 6.07) is 45.0. The normalized spacial score (nSPS) is 20.3. The van der Waals surface area contributed by atoms with Gasteiger partial charge in [-0.25, -0.2) is 35.2 Å². The van der Waals surface area contributed by atoms with Crippen LogP contribution in [-0.2, 0) is 58.9 Å². The molecule has 5 heterocycles. The summed E-state index contributed by atoms with van der Waals surface area (Å²) >= 11 is 0. The fraction of sp³-hybridized carbons (Fsp3) is 0.406. The number of amides is 4. The van der Waals surface area contributed by atoms with Gasteiger partial charge in [0, 0.05) is 136 Å². The number of alkyl halides is 2. The number of carbonyl (C=O) groups is 3. The van der Waals surface area contributed by atoms with Gasteiger partial charge in [-0.1, -0.05) is 103 Å². The van der Waals surface area contributed by atoms with Gasteiger partial charge in [-0.05, 0) is 92.4 Å². The van der Waals surface area contributed by atoms with Crippen LogP contribution in [0.15, 0.2) is 150 Å². The van der Waals surface area contributed by atoms with Crippen molar-refractivity contribution in [3.63, 3.8) is 0 Å². The van der Waals surface area contributed by atoms with Crippen LogP contribution in [0.25, 0.3) is 11.5 Å². The lowest BCUT2D eigenvalue weighted by molar-refractivity contribution is 0.0290. The second kappa shape index (κ2) is 30.7. The highest BCUT2D eigenvalue weighted by Crippen LogP contribution is 2.30. The van der Waals surface area contributed by atoms with Crippen molar-refractivity contribution >= 4 is 48.9 Å². The van der Waals surface area contributed by atoms with Gasteiger partial charge in [0.25, 0.3) is 5.89 Å². The lowest BCUT2D eigenvalue weighted by atomic mass is 10.0. The number of nitrogens with zero attached hydrogens (tertiary/aromatic N) is 10. The van der Waals surface area contributed by atoms with Crippen molar-refractivity contribution in [3.8, 4) is 11.5 Å². The molecule has 4 amide bonds. The molecule has 0 radical (unpaired) electrons. The Balaban J connectivity index is 0.000000206. The van der Waals surface area contributed by atoms with Gasteiger partial charge in [-0.2, -0.15) is 8.78 Å². The Labute approximate surface area is 547 Å². The first-order valence-corrected chi connectivity index (χ1v) is 35.3. The zero-order chi connectivity index (χ0) is 66.8. The van der Waals surface area contributed by atoms with E-state index in [0.717, 1.165) is 75.6 Å². The summed E-state index contributed by atoms with van der Waals surface area (Å²) in [7, 11) is -6.42. The smallest absolute Gasteiger partial charge is 0.324 e. The van der Waals surface area contributed by atoms with Gasteiger partial charge < -0.3 is 20.0 Å². The van der Waals surface area contributed by atoms with Crippen molar-refractivity contribution < 1.29 is 53.2 Å². The van der Waals surface area contributed by atoms with E-state index in [1.807, 2.05) is 60.7 Å². The molecule has 4 saturated heterocycles. The van der Waals surface area contributed by atoms with Crippen molar-refractivity contribution in [2.75, 3.05) is 91.7 Å². The summed E-state index contributed by atoms with van der Waals surface area (Å²) in [6.45, 7) is 15.8. The van der Waals surface area contributed by atoms with Crippen LogP contribution in [-0.4, -0.2) is 180 Å². The van der Waals surface area contributed by atoms with Crippen molar-refractivity contribution in [1.82, 2.24) is 39.6 Å². The number of piperazine rings is 2.